The Morgan fingerprint density at radius 1 is 1.30 bits per heavy atom. The summed E-state index contributed by atoms with van der Waals surface area (Å²) >= 11 is 1.55. The molecule has 0 bridgehead atoms. The Balaban J connectivity index is 1.72. The van der Waals surface area contributed by atoms with Crippen LogP contribution in [-0.4, -0.2) is 28.5 Å². The number of pyridine rings is 1. The van der Waals surface area contributed by atoms with Crippen LogP contribution in [0.15, 0.2) is 60.6 Å². The lowest BCUT2D eigenvalue weighted by atomic mass is 10.1. The van der Waals surface area contributed by atoms with E-state index in [4.69, 9.17) is 9.72 Å². The van der Waals surface area contributed by atoms with E-state index in [0.717, 1.165) is 27.6 Å². The molecule has 0 aliphatic carbocycles. The van der Waals surface area contributed by atoms with Gasteiger partial charge in [0.25, 0.3) is 5.91 Å². The van der Waals surface area contributed by atoms with E-state index >= 15 is 0 Å². The van der Waals surface area contributed by atoms with Gasteiger partial charge in [0.1, 0.15) is 10.8 Å². The molecule has 0 saturated carbocycles. The Bertz CT molecular complexity index is 984. The highest BCUT2D eigenvalue weighted by molar-refractivity contribution is 7.13. The van der Waals surface area contributed by atoms with E-state index in [0.29, 0.717) is 18.7 Å². The van der Waals surface area contributed by atoms with Crippen molar-refractivity contribution in [1.82, 2.24) is 9.97 Å². The van der Waals surface area contributed by atoms with Crippen LogP contribution in [0.4, 0.5) is 5.69 Å². The average Bonchev–Trinajstić information content (AvgIpc) is 3.20. The van der Waals surface area contributed by atoms with E-state index < -0.39 is 6.10 Å². The van der Waals surface area contributed by atoms with Crippen molar-refractivity contribution < 1.29 is 9.53 Å². The Morgan fingerprint density at radius 3 is 2.93 bits per heavy atom. The number of amides is 1. The molecule has 6 heteroatoms. The first-order chi connectivity index (χ1) is 13.2. The van der Waals surface area contributed by atoms with Gasteiger partial charge in [-0.25, -0.2) is 4.98 Å². The van der Waals surface area contributed by atoms with Crippen molar-refractivity contribution in [3.8, 4) is 27.7 Å². The van der Waals surface area contributed by atoms with Crippen LogP contribution in [0.2, 0.25) is 0 Å². The smallest absolute Gasteiger partial charge is 0.268 e. The highest BCUT2D eigenvalue weighted by atomic mass is 32.1. The zero-order valence-corrected chi connectivity index (χ0v) is 15.8. The van der Waals surface area contributed by atoms with Gasteiger partial charge in [0.2, 0.25) is 0 Å². The molecule has 1 unspecified atom stereocenters. The molecule has 1 aromatic carbocycles. The van der Waals surface area contributed by atoms with Crippen LogP contribution >= 0.6 is 11.3 Å². The summed E-state index contributed by atoms with van der Waals surface area (Å²) in [6, 6.07) is 11.6. The molecule has 0 fully saturated rings. The number of rotatable bonds is 5. The largest absolute Gasteiger partial charge is 0.478 e. The number of carbonyl (C=O) groups excluding carboxylic acids is 1. The summed E-state index contributed by atoms with van der Waals surface area (Å²) in [6.45, 7) is 6.17. The van der Waals surface area contributed by atoms with Crippen molar-refractivity contribution in [3.63, 3.8) is 0 Å². The number of thiazole rings is 1. The normalized spacial score (nSPS) is 16.0. The Kier molecular flexibility index (Phi) is 4.73. The highest BCUT2D eigenvalue weighted by Gasteiger charge is 2.32. The van der Waals surface area contributed by atoms with E-state index in [9.17, 15) is 4.79 Å². The predicted octanol–water partition coefficient (Wildman–Crippen LogP) is 4.56. The van der Waals surface area contributed by atoms with Crippen molar-refractivity contribution in [2.75, 3.05) is 11.4 Å². The minimum absolute atomic E-state index is 0.0329. The number of ether oxygens (including phenoxy) is 1. The third kappa shape index (κ3) is 3.24. The van der Waals surface area contributed by atoms with Crippen LogP contribution < -0.4 is 9.64 Å². The standard InChI is InChI=1S/C21H19N3O2S/c1-3-11-24-17-12-14(8-9-19(17)26-18(4-2)21(24)25)16-13-27-20(23-16)15-7-5-6-10-22-15/h3,5-10,12-13,18H,1,4,11H2,2H3. The van der Waals surface area contributed by atoms with Gasteiger partial charge >= 0.3 is 0 Å². The van der Waals surface area contributed by atoms with Gasteiger partial charge < -0.3 is 9.64 Å². The summed E-state index contributed by atoms with van der Waals surface area (Å²) in [6.07, 6.45) is 3.68. The molecule has 1 amide bonds. The van der Waals surface area contributed by atoms with Gasteiger partial charge in [-0.05, 0) is 36.8 Å². The maximum absolute atomic E-state index is 12.7. The van der Waals surface area contributed by atoms with Gasteiger partial charge in [0.15, 0.2) is 6.10 Å². The molecule has 136 valence electrons. The van der Waals surface area contributed by atoms with E-state index in [1.807, 2.05) is 48.7 Å². The molecule has 5 nitrogen and oxygen atoms in total. The van der Waals surface area contributed by atoms with Gasteiger partial charge in [-0.2, -0.15) is 0 Å². The fourth-order valence-corrected chi connectivity index (χ4v) is 3.88. The van der Waals surface area contributed by atoms with E-state index in [1.165, 1.54) is 0 Å². The van der Waals surface area contributed by atoms with Gasteiger partial charge in [-0.15, -0.1) is 17.9 Å². The molecule has 3 aromatic rings. The second-order valence-electron chi connectivity index (χ2n) is 6.19. The van der Waals surface area contributed by atoms with Crippen molar-refractivity contribution in [3.05, 3.63) is 60.6 Å². The van der Waals surface area contributed by atoms with Crippen molar-refractivity contribution in [1.29, 1.82) is 0 Å². The SMILES string of the molecule is C=CCN1C(=O)C(CC)Oc2ccc(-c3csc(-c4ccccn4)n3)cc21. The number of benzene rings is 1. The Morgan fingerprint density at radius 2 is 2.19 bits per heavy atom. The molecule has 3 heterocycles. The number of nitrogens with zero attached hydrogens (tertiary/aromatic N) is 3. The van der Waals surface area contributed by atoms with Gasteiger partial charge in [-0.3, -0.25) is 9.78 Å². The van der Waals surface area contributed by atoms with Gasteiger partial charge in [0, 0.05) is 23.7 Å². The number of anilines is 1. The van der Waals surface area contributed by atoms with Crippen LogP contribution in [-0.2, 0) is 4.79 Å². The highest BCUT2D eigenvalue weighted by Crippen LogP contribution is 2.38. The van der Waals surface area contributed by atoms with Crippen LogP contribution in [0.3, 0.4) is 0 Å². The topological polar surface area (TPSA) is 55.3 Å². The average molecular weight is 377 g/mol. The third-order valence-electron chi connectivity index (χ3n) is 4.43. The Labute approximate surface area is 162 Å². The lowest BCUT2D eigenvalue weighted by molar-refractivity contribution is -0.126. The van der Waals surface area contributed by atoms with Crippen molar-refractivity contribution in [2.24, 2.45) is 0 Å². The quantitative estimate of drug-likeness (QED) is 0.612. The summed E-state index contributed by atoms with van der Waals surface area (Å²) < 4.78 is 5.88. The molecule has 0 radical (unpaired) electrons. The molecular formula is C21H19N3O2S. The van der Waals surface area contributed by atoms with Crippen molar-refractivity contribution in [2.45, 2.75) is 19.4 Å². The number of aromatic nitrogens is 2. The summed E-state index contributed by atoms with van der Waals surface area (Å²) in [5.74, 6) is 0.682. The molecule has 4 rings (SSSR count). The summed E-state index contributed by atoms with van der Waals surface area (Å²) in [5.41, 5.74) is 3.40. The maximum Gasteiger partial charge on any atom is 0.268 e. The first kappa shape index (κ1) is 17.4. The minimum Gasteiger partial charge on any atom is -0.478 e. The molecule has 1 atom stereocenters. The maximum atomic E-state index is 12.7. The number of carbonyl (C=O) groups is 1. The first-order valence-corrected chi connectivity index (χ1v) is 9.69. The molecule has 0 saturated heterocycles. The molecule has 1 aliphatic rings. The lowest BCUT2D eigenvalue weighted by Gasteiger charge is -2.33. The number of fused-ring (bicyclic) bond motifs is 1. The lowest BCUT2D eigenvalue weighted by Crippen LogP contribution is -2.45. The number of hydrogen-bond acceptors (Lipinski definition) is 5. The molecule has 2 aromatic heterocycles. The molecular weight excluding hydrogens is 358 g/mol. The second kappa shape index (κ2) is 7.32. The third-order valence-corrected chi connectivity index (χ3v) is 5.29. The second-order valence-corrected chi connectivity index (χ2v) is 7.05. The zero-order chi connectivity index (χ0) is 18.8. The molecule has 0 N–H and O–H groups in total. The van der Waals surface area contributed by atoms with E-state index in [2.05, 4.69) is 11.6 Å². The molecule has 27 heavy (non-hydrogen) atoms. The van der Waals surface area contributed by atoms with Crippen LogP contribution in [0.5, 0.6) is 5.75 Å². The van der Waals surface area contributed by atoms with Crippen LogP contribution in [0.1, 0.15) is 13.3 Å². The molecule has 0 spiro atoms. The van der Waals surface area contributed by atoms with Crippen molar-refractivity contribution >= 4 is 22.9 Å². The minimum atomic E-state index is -0.446. The fraction of sp³-hybridized carbons (Fsp3) is 0.190. The summed E-state index contributed by atoms with van der Waals surface area (Å²) in [4.78, 5) is 23.5. The van der Waals surface area contributed by atoms with Crippen LogP contribution in [0, 0.1) is 0 Å². The molecule has 1 aliphatic heterocycles. The van der Waals surface area contributed by atoms with E-state index in [1.54, 1.807) is 28.5 Å². The summed E-state index contributed by atoms with van der Waals surface area (Å²) in [5, 5.41) is 2.87. The zero-order valence-electron chi connectivity index (χ0n) is 15.0. The first-order valence-electron chi connectivity index (χ1n) is 8.81. The van der Waals surface area contributed by atoms with Gasteiger partial charge in [0.05, 0.1) is 17.1 Å². The fourth-order valence-electron chi connectivity index (χ4n) is 3.07. The summed E-state index contributed by atoms with van der Waals surface area (Å²) in [7, 11) is 0. The van der Waals surface area contributed by atoms with Gasteiger partial charge in [-0.1, -0.05) is 19.1 Å². The predicted molar refractivity (Wildman–Crippen MR) is 108 cm³/mol. The Hall–Kier alpha value is -2.99. The van der Waals surface area contributed by atoms with E-state index in [-0.39, 0.29) is 5.91 Å². The monoisotopic (exact) mass is 377 g/mol. The number of hydrogen-bond donors (Lipinski definition) is 0. The van der Waals surface area contributed by atoms with Crippen LogP contribution in [0.25, 0.3) is 22.0 Å².